The molecule has 18 heavy (non-hydrogen) atoms. The van der Waals surface area contributed by atoms with Gasteiger partial charge in [0.15, 0.2) is 0 Å². The van der Waals surface area contributed by atoms with E-state index < -0.39 is 12.0 Å². The number of aryl methyl sites for hydroxylation is 2. The van der Waals surface area contributed by atoms with Gasteiger partial charge in [0.1, 0.15) is 6.04 Å². The minimum Gasteiger partial charge on any atom is -0.480 e. The van der Waals surface area contributed by atoms with E-state index >= 15 is 0 Å². The van der Waals surface area contributed by atoms with Crippen molar-refractivity contribution < 1.29 is 14.7 Å². The van der Waals surface area contributed by atoms with Crippen LogP contribution in [0, 0.1) is 6.92 Å². The molecule has 0 saturated heterocycles. The van der Waals surface area contributed by atoms with E-state index in [0.29, 0.717) is 11.5 Å². The summed E-state index contributed by atoms with van der Waals surface area (Å²) in [7, 11) is 1.85. The second-order valence-electron chi connectivity index (χ2n) is 4.01. The molecule has 2 N–H and O–H groups in total. The minimum atomic E-state index is -1.01. The Balaban J connectivity index is 2.46. The van der Waals surface area contributed by atoms with Gasteiger partial charge in [0.25, 0.3) is 0 Å². The molecule has 7 heteroatoms. The van der Waals surface area contributed by atoms with E-state index in [-0.39, 0.29) is 5.91 Å². The first kappa shape index (κ1) is 14.6. The van der Waals surface area contributed by atoms with Crippen molar-refractivity contribution in [3.63, 3.8) is 0 Å². The molecule has 0 radical (unpaired) electrons. The summed E-state index contributed by atoms with van der Waals surface area (Å²) in [6.07, 6.45) is 0. The molecule has 0 bridgehead atoms. The quantitative estimate of drug-likeness (QED) is 0.789. The number of carboxylic acid groups (broad SMARTS) is 1. The number of hydrogen-bond acceptors (Lipinski definition) is 4. The third kappa shape index (κ3) is 4.40. The van der Waals surface area contributed by atoms with Gasteiger partial charge in [0.2, 0.25) is 5.91 Å². The summed E-state index contributed by atoms with van der Waals surface area (Å²) in [5.74, 6) is -0.349. The van der Waals surface area contributed by atoms with Crippen molar-refractivity contribution in [2.75, 3.05) is 5.75 Å². The Morgan fingerprint density at radius 2 is 2.28 bits per heavy atom. The molecular weight excluding hydrogens is 254 g/mol. The van der Waals surface area contributed by atoms with E-state index in [0.717, 1.165) is 11.4 Å². The number of aliphatic carboxylic acids is 1. The highest BCUT2D eigenvalue weighted by atomic mass is 32.2. The highest BCUT2D eigenvalue weighted by molar-refractivity contribution is 7.98. The first-order valence-corrected chi connectivity index (χ1v) is 6.62. The molecule has 0 spiro atoms. The van der Waals surface area contributed by atoms with Crippen molar-refractivity contribution in [3.05, 3.63) is 17.5 Å². The first-order chi connectivity index (χ1) is 8.40. The van der Waals surface area contributed by atoms with Crippen LogP contribution in [-0.4, -0.2) is 38.6 Å². The molecule has 0 aliphatic heterocycles. The summed E-state index contributed by atoms with van der Waals surface area (Å²) in [4.78, 5) is 21.8. The lowest BCUT2D eigenvalue weighted by atomic mass is 10.3. The topological polar surface area (TPSA) is 84.2 Å². The van der Waals surface area contributed by atoms with Crippen LogP contribution in [0.3, 0.4) is 0 Å². The molecule has 1 aromatic heterocycles. The van der Waals surface area contributed by atoms with Crippen LogP contribution >= 0.6 is 11.8 Å². The number of aromatic nitrogens is 2. The summed E-state index contributed by atoms with van der Waals surface area (Å²) >= 11 is 1.46. The lowest BCUT2D eigenvalue weighted by Gasteiger charge is -2.12. The monoisotopic (exact) mass is 271 g/mol. The van der Waals surface area contributed by atoms with E-state index in [1.165, 1.54) is 18.7 Å². The van der Waals surface area contributed by atoms with E-state index in [2.05, 4.69) is 10.4 Å². The Labute approximate surface area is 110 Å². The second-order valence-corrected chi connectivity index (χ2v) is 5.04. The molecule has 1 heterocycles. The van der Waals surface area contributed by atoms with E-state index in [1.807, 2.05) is 20.0 Å². The zero-order chi connectivity index (χ0) is 13.7. The standard InChI is InChI=1S/C11H17N3O3S/c1-7-4-9(14(3)13-7)5-18-6-10(11(16)17)12-8(2)15/h4,10H,5-6H2,1-3H3,(H,12,15)(H,16,17)/t10-/m0/s1. The maximum Gasteiger partial charge on any atom is 0.327 e. The second kappa shape index (κ2) is 6.44. The predicted molar refractivity (Wildman–Crippen MR) is 69.3 cm³/mol. The van der Waals surface area contributed by atoms with Crippen LogP contribution in [-0.2, 0) is 22.4 Å². The molecule has 0 fully saturated rings. The number of nitrogens with zero attached hydrogens (tertiary/aromatic N) is 2. The lowest BCUT2D eigenvalue weighted by Crippen LogP contribution is -2.41. The normalized spacial score (nSPS) is 12.2. The smallest absolute Gasteiger partial charge is 0.327 e. The lowest BCUT2D eigenvalue weighted by molar-refractivity contribution is -0.140. The largest absolute Gasteiger partial charge is 0.480 e. The summed E-state index contributed by atoms with van der Waals surface area (Å²) in [6, 6.07) is 1.11. The Morgan fingerprint density at radius 3 is 2.72 bits per heavy atom. The number of nitrogens with one attached hydrogen (secondary N) is 1. The summed E-state index contributed by atoms with van der Waals surface area (Å²) in [5.41, 5.74) is 1.97. The summed E-state index contributed by atoms with van der Waals surface area (Å²) < 4.78 is 1.77. The van der Waals surface area contributed by atoms with Crippen molar-refractivity contribution in [1.29, 1.82) is 0 Å². The Morgan fingerprint density at radius 1 is 1.61 bits per heavy atom. The maximum atomic E-state index is 10.9. The van der Waals surface area contributed by atoms with E-state index in [9.17, 15) is 9.59 Å². The highest BCUT2D eigenvalue weighted by Gasteiger charge is 2.18. The SMILES string of the molecule is CC(=O)N[C@@H](CSCc1cc(C)nn1C)C(=O)O. The van der Waals surface area contributed by atoms with E-state index in [1.54, 1.807) is 4.68 Å². The highest BCUT2D eigenvalue weighted by Crippen LogP contribution is 2.13. The molecule has 0 unspecified atom stereocenters. The van der Waals surface area contributed by atoms with Gasteiger partial charge in [0.05, 0.1) is 5.69 Å². The molecule has 6 nitrogen and oxygen atoms in total. The molecule has 1 rings (SSSR count). The Hall–Kier alpha value is -1.50. The van der Waals surface area contributed by atoms with Crippen LogP contribution < -0.4 is 5.32 Å². The average molecular weight is 271 g/mol. The fraction of sp³-hybridized carbons (Fsp3) is 0.545. The van der Waals surface area contributed by atoms with Crippen molar-refractivity contribution in [1.82, 2.24) is 15.1 Å². The van der Waals surface area contributed by atoms with Gasteiger partial charge in [0, 0.05) is 31.2 Å². The third-order valence-electron chi connectivity index (χ3n) is 2.31. The molecule has 0 aliphatic carbocycles. The molecular formula is C11H17N3O3S. The number of carbonyl (C=O) groups excluding carboxylic acids is 1. The van der Waals surface area contributed by atoms with Crippen LogP contribution in [0.5, 0.6) is 0 Å². The van der Waals surface area contributed by atoms with Crippen LogP contribution in [0.2, 0.25) is 0 Å². The van der Waals surface area contributed by atoms with Crippen LogP contribution in [0.25, 0.3) is 0 Å². The molecule has 1 atom stereocenters. The zero-order valence-electron chi connectivity index (χ0n) is 10.6. The minimum absolute atomic E-state index is 0.332. The average Bonchev–Trinajstić information content (AvgIpc) is 2.55. The van der Waals surface area contributed by atoms with Gasteiger partial charge in [-0.3, -0.25) is 9.48 Å². The molecule has 1 amide bonds. The number of carbonyl (C=O) groups is 2. The van der Waals surface area contributed by atoms with Crippen molar-refractivity contribution >= 4 is 23.6 Å². The number of amides is 1. The fourth-order valence-electron chi connectivity index (χ4n) is 1.50. The summed E-state index contributed by atoms with van der Waals surface area (Å²) in [6.45, 7) is 3.22. The van der Waals surface area contributed by atoms with Gasteiger partial charge in [-0.15, -0.1) is 0 Å². The van der Waals surface area contributed by atoms with Crippen LogP contribution in [0.1, 0.15) is 18.3 Å². The summed E-state index contributed by atoms with van der Waals surface area (Å²) in [5, 5.41) is 15.5. The number of thioether (sulfide) groups is 1. The fourth-order valence-corrected chi connectivity index (χ4v) is 2.56. The third-order valence-corrected chi connectivity index (χ3v) is 3.38. The predicted octanol–water partition coefficient (Wildman–Crippen LogP) is 0.551. The molecule has 0 aliphatic rings. The Kier molecular flexibility index (Phi) is 5.21. The van der Waals surface area contributed by atoms with Crippen LogP contribution in [0.15, 0.2) is 6.07 Å². The molecule has 0 saturated carbocycles. The number of rotatable bonds is 6. The zero-order valence-corrected chi connectivity index (χ0v) is 11.5. The first-order valence-electron chi connectivity index (χ1n) is 5.47. The van der Waals surface area contributed by atoms with Crippen LogP contribution in [0.4, 0.5) is 0 Å². The maximum absolute atomic E-state index is 10.9. The molecule has 100 valence electrons. The van der Waals surface area contributed by atoms with Gasteiger partial charge >= 0.3 is 5.97 Å². The van der Waals surface area contributed by atoms with Crippen molar-refractivity contribution in [3.8, 4) is 0 Å². The van der Waals surface area contributed by atoms with Gasteiger partial charge in [-0.1, -0.05) is 0 Å². The number of hydrogen-bond donors (Lipinski definition) is 2. The number of carboxylic acids is 1. The van der Waals surface area contributed by atoms with Gasteiger partial charge in [-0.2, -0.15) is 16.9 Å². The Bertz CT molecular complexity index is 445. The molecule has 0 aromatic carbocycles. The van der Waals surface area contributed by atoms with Gasteiger partial charge in [-0.05, 0) is 13.0 Å². The van der Waals surface area contributed by atoms with Crippen molar-refractivity contribution in [2.24, 2.45) is 7.05 Å². The van der Waals surface area contributed by atoms with Gasteiger partial charge < -0.3 is 10.4 Å². The van der Waals surface area contributed by atoms with Crippen molar-refractivity contribution in [2.45, 2.75) is 25.6 Å². The van der Waals surface area contributed by atoms with E-state index in [4.69, 9.17) is 5.11 Å². The molecule has 1 aromatic rings. The van der Waals surface area contributed by atoms with Gasteiger partial charge in [-0.25, -0.2) is 4.79 Å².